The van der Waals surface area contributed by atoms with Gasteiger partial charge in [-0.05, 0) is 87.5 Å². The monoisotopic (exact) mass is 477 g/mol. The van der Waals surface area contributed by atoms with Crippen LogP contribution in [0.25, 0.3) is 33.3 Å². The van der Waals surface area contributed by atoms with Gasteiger partial charge in [0.1, 0.15) is 0 Å². The van der Waals surface area contributed by atoms with Gasteiger partial charge in [0, 0.05) is 24.0 Å². The molecule has 1 nitrogen and oxygen atoms in total. The maximum Gasteiger partial charge on any atom is 0.0481 e. The van der Waals surface area contributed by atoms with E-state index in [2.05, 4.69) is 120 Å². The van der Waals surface area contributed by atoms with Crippen molar-refractivity contribution in [2.45, 2.75) is 38.6 Å². The molecule has 0 atom stereocenters. The lowest BCUT2D eigenvalue weighted by Crippen LogP contribution is -2.17. The molecule has 1 heteroatoms. The zero-order valence-electron chi connectivity index (χ0n) is 21.2. The molecule has 3 aliphatic rings. The summed E-state index contributed by atoms with van der Waals surface area (Å²) in [6.07, 6.45) is 13.0. The number of hydrogen-bond donors (Lipinski definition) is 0. The summed E-state index contributed by atoms with van der Waals surface area (Å²) in [5, 5.41) is 5.64. The molecule has 8 rings (SSSR count). The minimum absolute atomic E-state index is 0.965. The average Bonchev–Trinajstić information content (AvgIpc) is 3.41. The summed E-state index contributed by atoms with van der Waals surface area (Å²) in [4.78, 5) is 2.36. The Kier molecular flexibility index (Phi) is 5.63. The molecule has 0 fully saturated rings. The molecule has 0 saturated heterocycles. The first kappa shape index (κ1) is 22.1. The van der Waals surface area contributed by atoms with Crippen LogP contribution in [0.3, 0.4) is 0 Å². The fourth-order valence-corrected chi connectivity index (χ4v) is 6.29. The first-order valence-corrected chi connectivity index (χ1v) is 13.6. The van der Waals surface area contributed by atoms with Crippen LogP contribution >= 0.6 is 0 Å². The molecule has 2 aliphatic carbocycles. The summed E-state index contributed by atoms with van der Waals surface area (Å²) in [5.74, 6) is 0. The Hall–Kier alpha value is -4.10. The molecule has 0 bridgehead atoms. The highest BCUT2D eigenvalue weighted by atomic mass is 15.1. The van der Waals surface area contributed by atoms with Gasteiger partial charge in [-0.15, -0.1) is 0 Å². The van der Waals surface area contributed by atoms with E-state index in [-0.39, 0.29) is 0 Å². The zero-order chi connectivity index (χ0) is 24.6. The van der Waals surface area contributed by atoms with Crippen molar-refractivity contribution < 1.29 is 0 Å². The van der Waals surface area contributed by atoms with Crippen molar-refractivity contribution in [3.05, 3.63) is 143 Å². The standard InChI is InChI=1S/C18H15N.C18H16/c1-2-7-16-13-19(12-11-14(16)5-1)18-10-9-15-6-3-4-8-17(15)18;1-3-7-15-13(5-1)9-11-18-16-8-4-2-6-14(16)10-12-17(15)18/h1-8,10-12H,9,13H2;1,3,5,7,9-12H,2,4,6,8H2. The number of benzene rings is 5. The van der Waals surface area contributed by atoms with Crippen molar-refractivity contribution in [3.8, 4) is 0 Å². The molecule has 0 unspecified atom stereocenters. The van der Waals surface area contributed by atoms with Gasteiger partial charge in [0.15, 0.2) is 0 Å². The topological polar surface area (TPSA) is 3.24 Å². The third kappa shape index (κ3) is 4.05. The summed E-state index contributed by atoms with van der Waals surface area (Å²) < 4.78 is 0. The smallest absolute Gasteiger partial charge is 0.0481 e. The molecule has 1 aliphatic heterocycles. The van der Waals surface area contributed by atoms with E-state index in [9.17, 15) is 0 Å². The van der Waals surface area contributed by atoms with Gasteiger partial charge in [-0.2, -0.15) is 0 Å². The molecule has 0 saturated carbocycles. The molecule has 0 spiro atoms. The van der Waals surface area contributed by atoms with Crippen molar-refractivity contribution in [3.63, 3.8) is 0 Å². The lowest BCUT2D eigenvalue weighted by molar-refractivity contribution is 0.523. The third-order valence-electron chi connectivity index (χ3n) is 8.21. The molecule has 0 aromatic heterocycles. The van der Waals surface area contributed by atoms with Crippen molar-refractivity contribution in [1.29, 1.82) is 0 Å². The number of nitrogens with zero attached hydrogens (tertiary/aromatic N) is 1. The van der Waals surface area contributed by atoms with Crippen LogP contribution < -0.4 is 0 Å². The van der Waals surface area contributed by atoms with E-state index >= 15 is 0 Å². The van der Waals surface area contributed by atoms with Crippen LogP contribution in [-0.2, 0) is 25.8 Å². The molecule has 5 aromatic carbocycles. The number of aryl methyl sites for hydroxylation is 2. The van der Waals surface area contributed by atoms with E-state index in [0.717, 1.165) is 13.0 Å². The highest BCUT2D eigenvalue weighted by Gasteiger charge is 2.20. The zero-order valence-corrected chi connectivity index (χ0v) is 21.2. The predicted molar refractivity (Wildman–Crippen MR) is 157 cm³/mol. The summed E-state index contributed by atoms with van der Waals surface area (Å²) in [5.41, 5.74) is 10.1. The van der Waals surface area contributed by atoms with Crippen molar-refractivity contribution >= 4 is 33.3 Å². The fraction of sp³-hybridized carbons (Fsp3) is 0.167. The summed E-state index contributed by atoms with van der Waals surface area (Å²) >= 11 is 0. The second-order valence-corrected chi connectivity index (χ2v) is 10.4. The molecule has 1 heterocycles. The van der Waals surface area contributed by atoms with Gasteiger partial charge in [0.2, 0.25) is 0 Å². The first-order valence-electron chi connectivity index (χ1n) is 13.6. The van der Waals surface area contributed by atoms with E-state index in [1.165, 1.54) is 75.2 Å². The first-order chi connectivity index (χ1) is 18.3. The molecule has 37 heavy (non-hydrogen) atoms. The quantitative estimate of drug-likeness (QED) is 0.218. The molecular weight excluding hydrogens is 446 g/mol. The van der Waals surface area contributed by atoms with Crippen LogP contribution in [0, 0.1) is 0 Å². The normalized spacial score (nSPS) is 15.5. The maximum absolute atomic E-state index is 2.36. The molecule has 0 radical (unpaired) electrons. The fourth-order valence-electron chi connectivity index (χ4n) is 6.29. The SMILES string of the molecule is C1=CN(C2=CCc3ccccc32)Cc2ccccc21.c1ccc2c(c1)ccc1c3c(ccc12)CCCC3. The van der Waals surface area contributed by atoms with Gasteiger partial charge in [-0.25, -0.2) is 0 Å². The maximum atomic E-state index is 2.36. The Balaban J connectivity index is 0.000000125. The van der Waals surface area contributed by atoms with Gasteiger partial charge < -0.3 is 4.90 Å². The predicted octanol–water partition coefficient (Wildman–Crippen LogP) is 8.94. The minimum Gasteiger partial charge on any atom is -0.343 e. The Morgan fingerprint density at radius 2 is 1.35 bits per heavy atom. The van der Waals surface area contributed by atoms with Crippen LogP contribution in [-0.4, -0.2) is 4.90 Å². The van der Waals surface area contributed by atoms with Crippen LogP contribution in [0.4, 0.5) is 0 Å². The molecule has 0 amide bonds. The van der Waals surface area contributed by atoms with Gasteiger partial charge in [0.05, 0.1) is 0 Å². The van der Waals surface area contributed by atoms with Crippen LogP contribution in [0.2, 0.25) is 0 Å². The summed E-state index contributed by atoms with van der Waals surface area (Å²) in [6.45, 7) is 0.965. The second-order valence-electron chi connectivity index (χ2n) is 10.4. The lowest BCUT2D eigenvalue weighted by atomic mass is 9.86. The van der Waals surface area contributed by atoms with Crippen LogP contribution in [0.1, 0.15) is 46.2 Å². The highest BCUT2D eigenvalue weighted by molar-refractivity contribution is 6.08. The van der Waals surface area contributed by atoms with Gasteiger partial charge in [-0.1, -0.05) is 103 Å². The molecule has 180 valence electrons. The number of rotatable bonds is 1. The van der Waals surface area contributed by atoms with Crippen molar-refractivity contribution in [2.75, 3.05) is 0 Å². The van der Waals surface area contributed by atoms with Crippen LogP contribution in [0.15, 0.2) is 109 Å². The largest absolute Gasteiger partial charge is 0.343 e. The Morgan fingerprint density at radius 3 is 2.32 bits per heavy atom. The van der Waals surface area contributed by atoms with E-state index in [0.29, 0.717) is 0 Å². The van der Waals surface area contributed by atoms with E-state index in [1.807, 2.05) is 0 Å². The number of fused-ring (bicyclic) bond motifs is 7. The second kappa shape index (κ2) is 9.41. The van der Waals surface area contributed by atoms with E-state index < -0.39 is 0 Å². The van der Waals surface area contributed by atoms with E-state index in [1.54, 1.807) is 11.1 Å². The molecule has 5 aromatic rings. The average molecular weight is 478 g/mol. The Morgan fingerprint density at radius 1 is 0.568 bits per heavy atom. The summed E-state index contributed by atoms with van der Waals surface area (Å²) in [7, 11) is 0. The number of hydrogen-bond acceptors (Lipinski definition) is 1. The Labute approximate surface area is 219 Å². The third-order valence-corrected chi connectivity index (χ3v) is 8.21. The summed E-state index contributed by atoms with van der Waals surface area (Å²) in [6, 6.07) is 35.3. The lowest BCUT2D eigenvalue weighted by Gasteiger charge is -2.27. The highest BCUT2D eigenvalue weighted by Crippen LogP contribution is 2.34. The van der Waals surface area contributed by atoms with Gasteiger partial charge in [0.25, 0.3) is 0 Å². The van der Waals surface area contributed by atoms with Gasteiger partial charge in [-0.3, -0.25) is 0 Å². The number of allylic oxidation sites excluding steroid dienone is 1. The van der Waals surface area contributed by atoms with Crippen molar-refractivity contribution in [1.82, 2.24) is 4.90 Å². The van der Waals surface area contributed by atoms with Gasteiger partial charge >= 0.3 is 0 Å². The minimum atomic E-state index is 0.965. The Bertz CT molecular complexity index is 1690. The van der Waals surface area contributed by atoms with Crippen LogP contribution in [0.5, 0.6) is 0 Å². The van der Waals surface area contributed by atoms with E-state index in [4.69, 9.17) is 0 Å². The molecular formula is C36H31N. The molecule has 0 N–H and O–H groups in total. The van der Waals surface area contributed by atoms with Crippen molar-refractivity contribution in [2.24, 2.45) is 0 Å².